The Morgan fingerprint density at radius 2 is 1.95 bits per heavy atom. The predicted octanol–water partition coefficient (Wildman–Crippen LogP) is 4.38. The van der Waals surface area contributed by atoms with Crippen LogP contribution in [0, 0.1) is 0 Å². The lowest BCUT2D eigenvalue weighted by Crippen LogP contribution is -2.22. The van der Waals surface area contributed by atoms with Crippen LogP contribution in [-0.2, 0) is 6.42 Å². The van der Waals surface area contributed by atoms with Crippen molar-refractivity contribution in [3.8, 4) is 5.75 Å². The van der Waals surface area contributed by atoms with Crippen molar-refractivity contribution in [1.82, 2.24) is 5.32 Å². The Hall–Kier alpha value is -1.51. The van der Waals surface area contributed by atoms with E-state index in [0.29, 0.717) is 11.8 Å². The van der Waals surface area contributed by atoms with Gasteiger partial charge in [-0.15, -0.1) is 0 Å². The summed E-state index contributed by atoms with van der Waals surface area (Å²) in [5.41, 5.74) is 3.80. The molecule has 1 unspecified atom stereocenters. The number of hydrogen-bond acceptors (Lipinski definition) is 2. The summed E-state index contributed by atoms with van der Waals surface area (Å²) in [5, 5.41) is 14.0. The molecule has 0 bridgehead atoms. The van der Waals surface area contributed by atoms with Gasteiger partial charge < -0.3 is 10.4 Å². The number of fused-ring (bicyclic) bond motifs is 1. The molecule has 1 aliphatic carbocycles. The average molecular weight is 288 g/mol. The van der Waals surface area contributed by atoms with E-state index in [9.17, 15) is 5.11 Å². The molecule has 0 spiro atoms. The third-order valence-corrected chi connectivity index (χ3v) is 4.28. The topological polar surface area (TPSA) is 32.3 Å². The Morgan fingerprint density at radius 3 is 2.70 bits per heavy atom. The van der Waals surface area contributed by atoms with Crippen LogP contribution in [0.15, 0.2) is 42.5 Å². The van der Waals surface area contributed by atoms with Gasteiger partial charge in [-0.05, 0) is 60.7 Å². The van der Waals surface area contributed by atoms with E-state index >= 15 is 0 Å². The quantitative estimate of drug-likeness (QED) is 0.878. The van der Waals surface area contributed by atoms with E-state index in [1.54, 1.807) is 6.07 Å². The molecule has 2 nitrogen and oxygen atoms in total. The third kappa shape index (κ3) is 2.67. The summed E-state index contributed by atoms with van der Waals surface area (Å²) in [6.45, 7) is 2.17. The van der Waals surface area contributed by atoms with Gasteiger partial charge in [-0.25, -0.2) is 0 Å². The lowest BCUT2D eigenvalue weighted by molar-refractivity contribution is 0.464. The minimum atomic E-state index is 0.275. The first-order valence-electron chi connectivity index (χ1n) is 6.97. The second-order valence-corrected chi connectivity index (χ2v) is 5.85. The van der Waals surface area contributed by atoms with Crippen molar-refractivity contribution in [1.29, 1.82) is 0 Å². The lowest BCUT2D eigenvalue weighted by atomic mass is 10.0. The molecule has 3 rings (SSSR count). The number of aromatic hydroxyl groups is 1. The second-order valence-electron chi connectivity index (χ2n) is 5.41. The van der Waals surface area contributed by atoms with E-state index in [1.165, 1.54) is 16.7 Å². The Kier molecular flexibility index (Phi) is 3.68. The zero-order chi connectivity index (χ0) is 14.1. The summed E-state index contributed by atoms with van der Waals surface area (Å²) in [7, 11) is 0. The van der Waals surface area contributed by atoms with Gasteiger partial charge in [0.25, 0.3) is 0 Å². The fourth-order valence-corrected chi connectivity index (χ4v) is 3.05. The molecule has 3 heteroatoms. The largest absolute Gasteiger partial charge is 0.508 e. The standard InChI is InChI=1S/C17H18ClNO/c1-11(12-2-5-14(18)6-3-12)19-17-9-4-13-10-15(20)7-8-16(13)17/h2-3,5-8,10-11,17,19-20H,4,9H2,1H3/t11-,17?/m0/s1. The van der Waals surface area contributed by atoms with Crippen LogP contribution < -0.4 is 5.32 Å². The highest BCUT2D eigenvalue weighted by Crippen LogP contribution is 2.34. The third-order valence-electron chi connectivity index (χ3n) is 4.03. The van der Waals surface area contributed by atoms with Gasteiger partial charge >= 0.3 is 0 Å². The highest BCUT2D eigenvalue weighted by Gasteiger charge is 2.24. The molecule has 1 aliphatic rings. The Balaban J connectivity index is 1.75. The molecule has 0 amide bonds. The van der Waals surface area contributed by atoms with E-state index in [-0.39, 0.29) is 6.04 Å². The first-order valence-corrected chi connectivity index (χ1v) is 7.34. The summed E-state index contributed by atoms with van der Waals surface area (Å²) < 4.78 is 0. The van der Waals surface area contributed by atoms with Crippen LogP contribution in [-0.4, -0.2) is 5.11 Å². The van der Waals surface area contributed by atoms with Crippen molar-refractivity contribution in [3.63, 3.8) is 0 Å². The molecular formula is C17H18ClNO. The number of phenolic OH excluding ortho intramolecular Hbond substituents is 1. The number of benzene rings is 2. The molecule has 0 radical (unpaired) electrons. The molecular weight excluding hydrogens is 270 g/mol. The molecule has 0 saturated carbocycles. The van der Waals surface area contributed by atoms with Crippen LogP contribution in [0.2, 0.25) is 5.02 Å². The molecule has 0 heterocycles. The van der Waals surface area contributed by atoms with Gasteiger partial charge in [0.2, 0.25) is 0 Å². The van der Waals surface area contributed by atoms with Crippen LogP contribution >= 0.6 is 11.6 Å². The highest BCUT2D eigenvalue weighted by atomic mass is 35.5. The van der Waals surface area contributed by atoms with Crippen LogP contribution in [0.3, 0.4) is 0 Å². The maximum atomic E-state index is 9.54. The molecule has 0 fully saturated rings. The molecule has 2 N–H and O–H groups in total. The van der Waals surface area contributed by atoms with E-state index in [1.807, 2.05) is 24.3 Å². The highest BCUT2D eigenvalue weighted by molar-refractivity contribution is 6.30. The summed E-state index contributed by atoms with van der Waals surface area (Å²) in [6.07, 6.45) is 2.10. The fourth-order valence-electron chi connectivity index (χ4n) is 2.93. The van der Waals surface area contributed by atoms with Crippen molar-refractivity contribution in [2.24, 2.45) is 0 Å². The molecule has 0 aliphatic heterocycles. The molecule has 2 aromatic rings. The molecule has 2 atom stereocenters. The SMILES string of the molecule is C[C@H](NC1CCc2cc(O)ccc21)c1ccc(Cl)cc1. The van der Waals surface area contributed by atoms with E-state index in [2.05, 4.69) is 24.4 Å². The van der Waals surface area contributed by atoms with Crippen LogP contribution in [0.1, 0.15) is 42.1 Å². The van der Waals surface area contributed by atoms with Crippen molar-refractivity contribution >= 4 is 11.6 Å². The Labute approximate surface area is 124 Å². The predicted molar refractivity (Wildman–Crippen MR) is 82.2 cm³/mol. The van der Waals surface area contributed by atoms with Gasteiger partial charge in [-0.2, -0.15) is 0 Å². The Morgan fingerprint density at radius 1 is 1.20 bits per heavy atom. The minimum absolute atomic E-state index is 0.275. The number of rotatable bonds is 3. The van der Waals surface area contributed by atoms with Gasteiger partial charge in [0.05, 0.1) is 0 Å². The fraction of sp³-hybridized carbons (Fsp3) is 0.294. The normalized spacial score (nSPS) is 18.8. The lowest BCUT2D eigenvalue weighted by Gasteiger charge is -2.21. The van der Waals surface area contributed by atoms with Crippen LogP contribution in [0.4, 0.5) is 0 Å². The Bertz CT molecular complexity index is 609. The van der Waals surface area contributed by atoms with Gasteiger partial charge in [-0.3, -0.25) is 0 Å². The van der Waals surface area contributed by atoms with E-state index < -0.39 is 0 Å². The van der Waals surface area contributed by atoms with Crippen LogP contribution in [0.5, 0.6) is 5.75 Å². The van der Waals surface area contributed by atoms with Crippen LogP contribution in [0.25, 0.3) is 0 Å². The minimum Gasteiger partial charge on any atom is -0.508 e. The molecule has 104 valence electrons. The summed E-state index contributed by atoms with van der Waals surface area (Å²) in [6, 6.07) is 14.3. The second kappa shape index (κ2) is 5.47. The first kappa shape index (κ1) is 13.5. The smallest absolute Gasteiger partial charge is 0.115 e. The van der Waals surface area contributed by atoms with Gasteiger partial charge in [-0.1, -0.05) is 29.8 Å². The summed E-state index contributed by atoms with van der Waals surface area (Å²) in [4.78, 5) is 0. The number of nitrogens with one attached hydrogen (secondary N) is 1. The number of halogens is 1. The van der Waals surface area contributed by atoms with Crippen molar-refractivity contribution < 1.29 is 5.11 Å². The number of phenols is 1. The van der Waals surface area contributed by atoms with Gasteiger partial charge in [0.1, 0.15) is 5.75 Å². The molecule has 2 aromatic carbocycles. The summed E-state index contributed by atoms with van der Waals surface area (Å²) in [5.74, 6) is 0.357. The van der Waals surface area contributed by atoms with Crippen molar-refractivity contribution in [3.05, 3.63) is 64.2 Å². The molecule has 0 saturated heterocycles. The first-order chi connectivity index (χ1) is 9.63. The van der Waals surface area contributed by atoms with E-state index in [0.717, 1.165) is 17.9 Å². The monoisotopic (exact) mass is 287 g/mol. The molecule has 20 heavy (non-hydrogen) atoms. The average Bonchev–Trinajstić information content (AvgIpc) is 2.81. The van der Waals surface area contributed by atoms with Crippen molar-refractivity contribution in [2.75, 3.05) is 0 Å². The maximum Gasteiger partial charge on any atom is 0.115 e. The summed E-state index contributed by atoms with van der Waals surface area (Å²) >= 11 is 5.92. The number of hydrogen-bond donors (Lipinski definition) is 2. The molecule has 0 aromatic heterocycles. The zero-order valence-electron chi connectivity index (χ0n) is 11.4. The van der Waals surface area contributed by atoms with Crippen molar-refractivity contribution in [2.45, 2.75) is 31.8 Å². The van der Waals surface area contributed by atoms with Gasteiger partial charge in [0.15, 0.2) is 0 Å². The number of aryl methyl sites for hydroxylation is 1. The van der Waals surface area contributed by atoms with Gasteiger partial charge in [0, 0.05) is 17.1 Å². The maximum absolute atomic E-state index is 9.54. The van der Waals surface area contributed by atoms with E-state index in [4.69, 9.17) is 11.6 Å². The zero-order valence-corrected chi connectivity index (χ0v) is 12.2.